The topological polar surface area (TPSA) is 104 Å². The summed E-state index contributed by atoms with van der Waals surface area (Å²) in [6, 6.07) is 10.2. The van der Waals surface area contributed by atoms with E-state index in [2.05, 4.69) is 15.3 Å². The van der Waals surface area contributed by atoms with Crippen molar-refractivity contribution in [2.75, 3.05) is 13.1 Å². The number of carbonyl (C=O) groups is 1. The first-order valence-corrected chi connectivity index (χ1v) is 11.4. The number of sulfonamides is 1. The van der Waals surface area contributed by atoms with Crippen molar-refractivity contribution in [3.8, 4) is 0 Å². The Morgan fingerprint density at radius 1 is 1.17 bits per heavy atom. The van der Waals surface area contributed by atoms with E-state index in [1.807, 2.05) is 6.07 Å². The molecule has 2 saturated heterocycles. The SMILES string of the molecule is O=C(NCc1ccc(S(=O)(=O)N2CC3CCC(C2)O3)cc1)c1cc2cnccc2[nH]1. The van der Waals surface area contributed by atoms with E-state index in [1.165, 1.54) is 4.31 Å². The monoisotopic (exact) mass is 426 g/mol. The Kier molecular flexibility index (Phi) is 4.80. The Hall–Kier alpha value is -2.75. The van der Waals surface area contributed by atoms with Crippen molar-refractivity contribution < 1.29 is 17.9 Å². The van der Waals surface area contributed by atoms with Gasteiger partial charge in [0, 0.05) is 42.9 Å². The van der Waals surface area contributed by atoms with Crippen molar-refractivity contribution in [2.45, 2.75) is 36.5 Å². The van der Waals surface area contributed by atoms with Gasteiger partial charge in [-0.15, -0.1) is 0 Å². The number of morpholine rings is 1. The highest BCUT2D eigenvalue weighted by atomic mass is 32.2. The maximum atomic E-state index is 12.9. The number of H-pyrrole nitrogens is 1. The van der Waals surface area contributed by atoms with Crippen molar-refractivity contribution in [1.82, 2.24) is 19.6 Å². The van der Waals surface area contributed by atoms with E-state index in [4.69, 9.17) is 4.74 Å². The third kappa shape index (κ3) is 3.60. The van der Waals surface area contributed by atoms with E-state index in [1.54, 1.807) is 42.7 Å². The molecule has 0 aliphatic carbocycles. The Balaban J connectivity index is 1.24. The molecular formula is C21H22N4O4S. The number of hydrogen-bond donors (Lipinski definition) is 2. The number of nitrogens with one attached hydrogen (secondary N) is 2. The minimum atomic E-state index is -3.54. The molecule has 4 heterocycles. The van der Waals surface area contributed by atoms with Crippen molar-refractivity contribution in [3.05, 3.63) is 60.0 Å². The summed E-state index contributed by atoms with van der Waals surface area (Å²) in [7, 11) is -3.54. The number of pyridine rings is 1. The first kappa shape index (κ1) is 19.2. The molecule has 2 fully saturated rings. The van der Waals surface area contributed by atoms with E-state index in [0.717, 1.165) is 29.3 Å². The second-order valence-corrected chi connectivity index (χ2v) is 9.69. The molecule has 9 heteroatoms. The average molecular weight is 426 g/mol. The molecule has 0 saturated carbocycles. The Morgan fingerprint density at radius 3 is 2.60 bits per heavy atom. The number of benzene rings is 1. The quantitative estimate of drug-likeness (QED) is 0.650. The highest BCUT2D eigenvalue weighted by Gasteiger charge is 2.39. The first-order valence-electron chi connectivity index (χ1n) is 9.94. The Labute approximate surface area is 174 Å². The number of fused-ring (bicyclic) bond motifs is 3. The zero-order chi connectivity index (χ0) is 20.7. The third-order valence-corrected chi connectivity index (χ3v) is 7.54. The number of carbonyl (C=O) groups excluding carboxylic acids is 1. The van der Waals surface area contributed by atoms with Crippen LogP contribution in [0.1, 0.15) is 28.9 Å². The molecule has 1 aromatic carbocycles. The Morgan fingerprint density at radius 2 is 1.90 bits per heavy atom. The van der Waals surface area contributed by atoms with Gasteiger partial charge in [0.25, 0.3) is 5.91 Å². The molecule has 8 nitrogen and oxygen atoms in total. The van der Waals surface area contributed by atoms with Crippen LogP contribution in [0.5, 0.6) is 0 Å². The fraction of sp³-hybridized carbons (Fsp3) is 0.333. The van der Waals surface area contributed by atoms with Crippen LogP contribution in [0, 0.1) is 0 Å². The highest BCUT2D eigenvalue weighted by Crippen LogP contribution is 2.30. The summed E-state index contributed by atoms with van der Waals surface area (Å²) in [6.07, 6.45) is 5.21. The minimum absolute atomic E-state index is 0.00781. The molecule has 3 aromatic rings. The van der Waals surface area contributed by atoms with Crippen molar-refractivity contribution in [1.29, 1.82) is 0 Å². The summed E-state index contributed by atoms with van der Waals surface area (Å²) < 4.78 is 33.2. The largest absolute Gasteiger partial charge is 0.372 e. The summed E-state index contributed by atoms with van der Waals surface area (Å²) in [5, 5.41) is 3.72. The fourth-order valence-electron chi connectivity index (χ4n) is 4.07. The normalized spacial score (nSPS) is 21.7. The van der Waals surface area contributed by atoms with Crippen LogP contribution in [-0.2, 0) is 21.3 Å². The number of hydrogen-bond acceptors (Lipinski definition) is 5. The van der Waals surface area contributed by atoms with Crippen LogP contribution < -0.4 is 5.32 Å². The van der Waals surface area contributed by atoms with E-state index >= 15 is 0 Å². The van der Waals surface area contributed by atoms with Gasteiger partial charge in [-0.05, 0) is 42.7 Å². The summed E-state index contributed by atoms with van der Waals surface area (Å²) >= 11 is 0. The lowest BCUT2D eigenvalue weighted by molar-refractivity contribution is -0.0114. The molecule has 5 rings (SSSR count). The van der Waals surface area contributed by atoms with Crippen LogP contribution in [0.4, 0.5) is 0 Å². The number of amides is 1. The van der Waals surface area contributed by atoms with E-state index < -0.39 is 10.0 Å². The maximum Gasteiger partial charge on any atom is 0.267 e. The summed E-state index contributed by atoms with van der Waals surface area (Å²) in [5.74, 6) is -0.230. The Bertz CT molecular complexity index is 1140. The average Bonchev–Trinajstić information content (AvgIpc) is 3.34. The van der Waals surface area contributed by atoms with E-state index in [9.17, 15) is 13.2 Å². The van der Waals surface area contributed by atoms with Gasteiger partial charge in [0.1, 0.15) is 5.69 Å². The molecule has 2 atom stereocenters. The lowest BCUT2D eigenvalue weighted by Gasteiger charge is -2.31. The molecule has 2 aliphatic heterocycles. The predicted octanol–water partition coefficient (Wildman–Crippen LogP) is 2.04. The maximum absolute atomic E-state index is 12.9. The lowest BCUT2D eigenvalue weighted by atomic mass is 10.2. The van der Waals surface area contributed by atoms with Gasteiger partial charge in [0.05, 0.1) is 17.1 Å². The molecule has 1 amide bonds. The van der Waals surface area contributed by atoms with Crippen LogP contribution >= 0.6 is 0 Å². The summed E-state index contributed by atoms with van der Waals surface area (Å²) in [4.78, 5) is 19.8. The zero-order valence-electron chi connectivity index (χ0n) is 16.2. The van der Waals surface area contributed by atoms with Gasteiger partial charge in [-0.2, -0.15) is 4.31 Å². The molecule has 2 aliphatic rings. The first-order chi connectivity index (χ1) is 14.5. The number of aromatic nitrogens is 2. The molecular weight excluding hydrogens is 404 g/mol. The molecule has 2 aromatic heterocycles. The highest BCUT2D eigenvalue weighted by molar-refractivity contribution is 7.89. The van der Waals surface area contributed by atoms with Gasteiger partial charge < -0.3 is 15.0 Å². The minimum Gasteiger partial charge on any atom is -0.372 e. The van der Waals surface area contributed by atoms with E-state index in [-0.39, 0.29) is 23.0 Å². The number of rotatable bonds is 5. The fourth-order valence-corrected chi connectivity index (χ4v) is 5.58. The second kappa shape index (κ2) is 7.50. The van der Waals surface area contributed by atoms with Gasteiger partial charge in [0.2, 0.25) is 10.0 Å². The summed E-state index contributed by atoms with van der Waals surface area (Å²) in [5.41, 5.74) is 2.13. The molecule has 0 spiro atoms. The number of ether oxygens (including phenoxy) is 1. The van der Waals surface area contributed by atoms with E-state index in [0.29, 0.717) is 25.3 Å². The number of nitrogens with zero attached hydrogens (tertiary/aromatic N) is 2. The van der Waals surface area contributed by atoms with Crippen molar-refractivity contribution in [3.63, 3.8) is 0 Å². The van der Waals surface area contributed by atoms with Gasteiger partial charge in [-0.3, -0.25) is 9.78 Å². The molecule has 156 valence electrons. The van der Waals surface area contributed by atoms with Gasteiger partial charge in [-0.25, -0.2) is 8.42 Å². The molecule has 2 unspecified atom stereocenters. The van der Waals surface area contributed by atoms with Crippen LogP contribution in [0.25, 0.3) is 10.9 Å². The van der Waals surface area contributed by atoms with Crippen LogP contribution in [0.2, 0.25) is 0 Å². The second-order valence-electron chi connectivity index (χ2n) is 7.75. The van der Waals surface area contributed by atoms with Gasteiger partial charge in [-0.1, -0.05) is 12.1 Å². The molecule has 2 bridgehead atoms. The predicted molar refractivity (Wildman–Crippen MR) is 110 cm³/mol. The summed E-state index contributed by atoms with van der Waals surface area (Å²) in [6.45, 7) is 1.13. The molecule has 2 N–H and O–H groups in total. The lowest BCUT2D eigenvalue weighted by Crippen LogP contribution is -2.45. The van der Waals surface area contributed by atoms with Crippen LogP contribution in [0.15, 0.2) is 53.7 Å². The van der Waals surface area contributed by atoms with Crippen molar-refractivity contribution >= 4 is 26.8 Å². The smallest absolute Gasteiger partial charge is 0.267 e. The molecule has 0 radical (unpaired) electrons. The van der Waals surface area contributed by atoms with Crippen LogP contribution in [0.3, 0.4) is 0 Å². The van der Waals surface area contributed by atoms with Gasteiger partial charge in [0.15, 0.2) is 0 Å². The van der Waals surface area contributed by atoms with Crippen LogP contribution in [-0.4, -0.2) is 53.9 Å². The van der Waals surface area contributed by atoms with Gasteiger partial charge >= 0.3 is 0 Å². The third-order valence-electron chi connectivity index (χ3n) is 5.69. The standard InChI is InChI=1S/C21H22N4O4S/c26-21(20-9-15-11-22-8-7-19(15)24-20)23-10-14-1-5-18(6-2-14)30(27,28)25-12-16-3-4-17(13-25)29-16/h1-2,5-9,11,16-17,24H,3-4,10,12-13H2,(H,23,26). The van der Waals surface area contributed by atoms with Crippen molar-refractivity contribution in [2.24, 2.45) is 0 Å². The number of aromatic amines is 1. The zero-order valence-corrected chi connectivity index (χ0v) is 17.1. The molecule has 30 heavy (non-hydrogen) atoms.